The number of rotatable bonds is 2. The molecule has 0 aliphatic carbocycles. The van der Waals surface area contributed by atoms with Crippen LogP contribution in [0.2, 0.25) is 0 Å². The second-order valence-corrected chi connectivity index (χ2v) is 4.26. The molecule has 5 nitrogen and oxygen atoms in total. The zero-order valence-corrected chi connectivity index (χ0v) is 10.5. The number of hydrogen-bond acceptors (Lipinski definition) is 3. The highest BCUT2D eigenvalue weighted by atomic mass is 15.2. The highest BCUT2D eigenvalue weighted by molar-refractivity contribution is 5.99. The molecule has 0 fully saturated rings. The lowest BCUT2D eigenvalue weighted by atomic mass is 10.2. The number of benzene rings is 1. The second-order valence-electron chi connectivity index (χ2n) is 4.26. The Labute approximate surface area is 110 Å². The lowest BCUT2D eigenvalue weighted by molar-refractivity contribution is 0.779. The third-order valence-corrected chi connectivity index (χ3v) is 2.77. The summed E-state index contributed by atoms with van der Waals surface area (Å²) in [6.07, 6.45) is 3.63. The molecule has 3 rings (SSSR count). The number of aromatic nitrogens is 3. The number of pyridine rings is 1. The van der Waals surface area contributed by atoms with Crippen LogP contribution in [-0.2, 0) is 7.05 Å². The number of nitrogens with zero attached hydrogens (tertiary/aromatic N) is 4. The average molecular weight is 251 g/mol. The standard InChI is InChI=1S/C14H13N5/c1-19-9-10-7-12(16-8-13(10)18-19)14(15)17-11-5-3-2-4-6-11/h2-9H,1H3,(H2,15,17). The van der Waals surface area contributed by atoms with E-state index in [1.54, 1.807) is 10.9 Å². The minimum Gasteiger partial charge on any atom is -0.382 e. The number of nitrogens with two attached hydrogens (primary N) is 1. The van der Waals surface area contributed by atoms with Crippen LogP contribution in [0.5, 0.6) is 0 Å². The second kappa shape index (κ2) is 4.53. The Morgan fingerprint density at radius 2 is 2.05 bits per heavy atom. The minimum absolute atomic E-state index is 0.400. The van der Waals surface area contributed by atoms with E-state index in [-0.39, 0.29) is 0 Å². The topological polar surface area (TPSA) is 69.1 Å². The van der Waals surface area contributed by atoms with Crippen molar-refractivity contribution >= 4 is 22.4 Å². The van der Waals surface area contributed by atoms with E-state index in [1.165, 1.54) is 0 Å². The minimum atomic E-state index is 0.400. The molecule has 0 saturated carbocycles. The Bertz CT molecular complexity index is 743. The smallest absolute Gasteiger partial charge is 0.150 e. The van der Waals surface area contributed by atoms with Crippen molar-refractivity contribution in [1.82, 2.24) is 14.8 Å². The van der Waals surface area contributed by atoms with E-state index in [2.05, 4.69) is 15.1 Å². The Hall–Kier alpha value is -2.69. The van der Waals surface area contributed by atoms with Gasteiger partial charge in [-0.05, 0) is 18.2 Å². The van der Waals surface area contributed by atoms with Gasteiger partial charge in [-0.2, -0.15) is 5.10 Å². The van der Waals surface area contributed by atoms with Crippen LogP contribution in [0.1, 0.15) is 5.69 Å². The molecule has 0 aliphatic heterocycles. The van der Waals surface area contributed by atoms with Crippen LogP contribution in [0.4, 0.5) is 5.69 Å². The predicted octanol–water partition coefficient (Wildman–Crippen LogP) is 2.01. The predicted molar refractivity (Wildman–Crippen MR) is 75.3 cm³/mol. The average Bonchev–Trinajstić information content (AvgIpc) is 2.78. The number of hydrogen-bond donors (Lipinski definition) is 1. The molecule has 3 aromatic rings. The lowest BCUT2D eigenvalue weighted by Crippen LogP contribution is -2.14. The van der Waals surface area contributed by atoms with E-state index in [4.69, 9.17) is 5.73 Å². The molecule has 2 heterocycles. The third-order valence-electron chi connectivity index (χ3n) is 2.77. The van der Waals surface area contributed by atoms with Crippen molar-refractivity contribution in [2.75, 3.05) is 0 Å². The monoisotopic (exact) mass is 251 g/mol. The Balaban J connectivity index is 2.01. The SMILES string of the molecule is Cn1cc2cc(C(N)=Nc3ccccc3)ncc2n1. The number of aliphatic imine (C=N–C) groups is 1. The highest BCUT2D eigenvalue weighted by Gasteiger charge is 2.05. The van der Waals surface area contributed by atoms with Gasteiger partial charge in [0.1, 0.15) is 17.0 Å². The van der Waals surface area contributed by atoms with Crippen molar-refractivity contribution in [2.45, 2.75) is 0 Å². The summed E-state index contributed by atoms with van der Waals surface area (Å²) in [5.74, 6) is 0.400. The van der Waals surface area contributed by atoms with Gasteiger partial charge in [-0.15, -0.1) is 0 Å². The largest absolute Gasteiger partial charge is 0.382 e. The Morgan fingerprint density at radius 3 is 2.84 bits per heavy atom. The fourth-order valence-electron chi connectivity index (χ4n) is 1.89. The summed E-state index contributed by atoms with van der Waals surface area (Å²) in [6.45, 7) is 0. The van der Waals surface area contributed by atoms with Crippen molar-refractivity contribution in [3.63, 3.8) is 0 Å². The van der Waals surface area contributed by atoms with E-state index >= 15 is 0 Å². The maximum absolute atomic E-state index is 5.99. The molecule has 0 saturated heterocycles. The van der Waals surface area contributed by atoms with Gasteiger partial charge in [0.15, 0.2) is 0 Å². The normalized spacial score (nSPS) is 11.9. The highest BCUT2D eigenvalue weighted by Crippen LogP contribution is 2.14. The zero-order valence-electron chi connectivity index (χ0n) is 10.5. The summed E-state index contributed by atoms with van der Waals surface area (Å²) < 4.78 is 1.75. The number of para-hydroxylation sites is 1. The van der Waals surface area contributed by atoms with Crippen LogP contribution in [0.15, 0.2) is 53.8 Å². The zero-order chi connectivity index (χ0) is 13.2. The molecule has 0 amide bonds. The van der Waals surface area contributed by atoms with Crippen molar-refractivity contribution in [3.8, 4) is 0 Å². The van der Waals surface area contributed by atoms with Crippen molar-refractivity contribution in [2.24, 2.45) is 17.8 Å². The summed E-state index contributed by atoms with van der Waals surface area (Å²) in [4.78, 5) is 8.63. The molecule has 19 heavy (non-hydrogen) atoms. The number of aryl methyl sites for hydroxylation is 1. The first-order valence-corrected chi connectivity index (χ1v) is 5.91. The molecular formula is C14H13N5. The summed E-state index contributed by atoms with van der Waals surface area (Å²) in [5, 5.41) is 5.27. The van der Waals surface area contributed by atoms with Gasteiger partial charge in [-0.25, -0.2) is 4.99 Å². The molecule has 2 aromatic heterocycles. The molecule has 0 aliphatic rings. The van der Waals surface area contributed by atoms with Gasteiger partial charge in [0.2, 0.25) is 0 Å². The van der Waals surface area contributed by atoms with Gasteiger partial charge >= 0.3 is 0 Å². The molecular weight excluding hydrogens is 238 g/mol. The fourth-order valence-corrected chi connectivity index (χ4v) is 1.89. The summed E-state index contributed by atoms with van der Waals surface area (Å²) in [7, 11) is 1.88. The van der Waals surface area contributed by atoms with Gasteiger partial charge in [-0.3, -0.25) is 9.67 Å². The Kier molecular flexibility index (Phi) is 2.72. The van der Waals surface area contributed by atoms with Crippen molar-refractivity contribution in [1.29, 1.82) is 0 Å². The van der Waals surface area contributed by atoms with Crippen molar-refractivity contribution < 1.29 is 0 Å². The quantitative estimate of drug-likeness (QED) is 0.559. The van der Waals surface area contributed by atoms with Crippen LogP contribution in [0.3, 0.4) is 0 Å². The van der Waals surface area contributed by atoms with Gasteiger partial charge in [0.25, 0.3) is 0 Å². The molecule has 0 bridgehead atoms. The molecule has 2 N–H and O–H groups in total. The lowest BCUT2D eigenvalue weighted by Gasteiger charge is -2.00. The van der Waals surface area contributed by atoms with Crippen LogP contribution < -0.4 is 5.73 Å². The maximum Gasteiger partial charge on any atom is 0.150 e. The van der Waals surface area contributed by atoms with Crippen LogP contribution >= 0.6 is 0 Å². The molecule has 0 radical (unpaired) electrons. The molecule has 5 heteroatoms. The maximum atomic E-state index is 5.99. The van der Waals surface area contributed by atoms with Gasteiger partial charge in [0.05, 0.1) is 11.9 Å². The van der Waals surface area contributed by atoms with E-state index in [0.29, 0.717) is 11.5 Å². The number of amidine groups is 1. The molecule has 0 spiro atoms. The van der Waals surface area contributed by atoms with E-state index in [0.717, 1.165) is 16.6 Å². The first kappa shape index (κ1) is 11.4. The first-order valence-electron chi connectivity index (χ1n) is 5.91. The summed E-state index contributed by atoms with van der Waals surface area (Å²) >= 11 is 0. The van der Waals surface area contributed by atoms with Gasteiger partial charge in [-0.1, -0.05) is 18.2 Å². The third kappa shape index (κ3) is 2.30. The van der Waals surface area contributed by atoms with E-state index < -0.39 is 0 Å². The first-order chi connectivity index (χ1) is 9.22. The van der Waals surface area contributed by atoms with Crippen LogP contribution in [0.25, 0.3) is 10.9 Å². The van der Waals surface area contributed by atoms with Gasteiger partial charge in [0, 0.05) is 18.6 Å². The van der Waals surface area contributed by atoms with E-state index in [1.807, 2.05) is 49.6 Å². The molecule has 0 atom stereocenters. The summed E-state index contributed by atoms with van der Waals surface area (Å²) in [6, 6.07) is 11.5. The van der Waals surface area contributed by atoms with Crippen molar-refractivity contribution in [3.05, 3.63) is 54.5 Å². The Morgan fingerprint density at radius 1 is 1.26 bits per heavy atom. The molecule has 0 unspecified atom stereocenters. The van der Waals surface area contributed by atoms with Crippen LogP contribution in [-0.4, -0.2) is 20.6 Å². The fraction of sp³-hybridized carbons (Fsp3) is 0.0714. The summed E-state index contributed by atoms with van der Waals surface area (Å²) in [5.41, 5.74) is 8.30. The van der Waals surface area contributed by atoms with Gasteiger partial charge < -0.3 is 5.73 Å². The number of fused-ring (bicyclic) bond motifs is 1. The molecule has 1 aromatic carbocycles. The molecule has 94 valence electrons. The van der Waals surface area contributed by atoms with Crippen LogP contribution in [0, 0.1) is 0 Å². The van der Waals surface area contributed by atoms with E-state index in [9.17, 15) is 0 Å².